The van der Waals surface area contributed by atoms with E-state index >= 15 is 0 Å². The number of rotatable bonds is 15. The fourth-order valence-electron chi connectivity index (χ4n) is 4.99. The standard InChI is InChI=1S/C33H42BrN3O4S/c1-5-6-17-35-33(39)31(23-27-12-8-7-9-13-27)36(24-28-14-10-15-29(34)22-28)32(38)16-11-18-37(42(4,40)41)30-20-25(2)19-26(3)21-30/h7-10,12-15,19-22,31H,5-6,11,16-18,23-24H2,1-4H3,(H,35,39). The van der Waals surface area contributed by atoms with Crippen molar-refractivity contribution in [2.75, 3.05) is 23.7 Å². The van der Waals surface area contributed by atoms with Crippen LogP contribution in [-0.2, 0) is 32.6 Å². The Kier molecular flexibility index (Phi) is 12.6. The van der Waals surface area contributed by atoms with Crippen LogP contribution in [0.2, 0.25) is 0 Å². The van der Waals surface area contributed by atoms with Gasteiger partial charge in [0.2, 0.25) is 21.8 Å². The summed E-state index contributed by atoms with van der Waals surface area (Å²) in [4.78, 5) is 29.2. The van der Waals surface area contributed by atoms with Gasteiger partial charge in [-0.25, -0.2) is 8.42 Å². The van der Waals surface area contributed by atoms with Gasteiger partial charge in [-0.2, -0.15) is 0 Å². The van der Waals surface area contributed by atoms with E-state index in [0.717, 1.165) is 39.6 Å². The predicted molar refractivity (Wildman–Crippen MR) is 174 cm³/mol. The summed E-state index contributed by atoms with van der Waals surface area (Å²) in [6, 6.07) is 22.3. The van der Waals surface area contributed by atoms with Crippen LogP contribution in [-0.4, -0.2) is 50.5 Å². The minimum atomic E-state index is -3.57. The number of sulfonamides is 1. The zero-order valence-corrected chi connectivity index (χ0v) is 27.4. The monoisotopic (exact) mass is 655 g/mol. The number of carbonyl (C=O) groups is 2. The predicted octanol–water partition coefficient (Wildman–Crippen LogP) is 6.17. The van der Waals surface area contributed by atoms with Crippen molar-refractivity contribution in [3.63, 3.8) is 0 Å². The largest absolute Gasteiger partial charge is 0.354 e. The maximum Gasteiger partial charge on any atom is 0.243 e. The van der Waals surface area contributed by atoms with Crippen LogP contribution < -0.4 is 9.62 Å². The molecule has 0 bridgehead atoms. The summed E-state index contributed by atoms with van der Waals surface area (Å²) < 4.78 is 27.7. The third-order valence-electron chi connectivity index (χ3n) is 6.99. The summed E-state index contributed by atoms with van der Waals surface area (Å²) >= 11 is 3.51. The van der Waals surface area contributed by atoms with Gasteiger partial charge < -0.3 is 10.2 Å². The number of nitrogens with zero attached hydrogens (tertiary/aromatic N) is 2. The van der Waals surface area contributed by atoms with Crippen molar-refractivity contribution in [3.05, 3.63) is 99.5 Å². The molecule has 7 nitrogen and oxygen atoms in total. The first kappa shape index (κ1) is 33.3. The van der Waals surface area contributed by atoms with Crippen LogP contribution in [0.4, 0.5) is 5.69 Å². The lowest BCUT2D eigenvalue weighted by molar-refractivity contribution is -0.141. The average Bonchev–Trinajstić information content (AvgIpc) is 2.92. The number of carbonyl (C=O) groups excluding carboxylic acids is 2. The first-order chi connectivity index (χ1) is 20.0. The van der Waals surface area contributed by atoms with Crippen LogP contribution in [0.3, 0.4) is 0 Å². The molecule has 3 aromatic rings. The Labute approximate surface area is 259 Å². The van der Waals surface area contributed by atoms with Gasteiger partial charge in [-0.05, 0) is 73.2 Å². The number of nitrogens with one attached hydrogen (secondary N) is 1. The van der Waals surface area contributed by atoms with Crippen molar-refractivity contribution in [3.8, 4) is 0 Å². The lowest BCUT2D eigenvalue weighted by Crippen LogP contribution is -2.50. The van der Waals surface area contributed by atoms with E-state index in [1.165, 1.54) is 10.6 Å². The van der Waals surface area contributed by atoms with Gasteiger partial charge in [-0.1, -0.05) is 77.8 Å². The van der Waals surface area contributed by atoms with Gasteiger partial charge in [0, 0.05) is 36.9 Å². The fraction of sp³-hybridized carbons (Fsp3) is 0.394. The zero-order chi connectivity index (χ0) is 30.7. The van der Waals surface area contributed by atoms with Crippen LogP contribution in [0.15, 0.2) is 77.3 Å². The van der Waals surface area contributed by atoms with E-state index in [2.05, 4.69) is 28.2 Å². The highest BCUT2D eigenvalue weighted by Crippen LogP contribution is 2.23. The molecule has 9 heteroatoms. The summed E-state index contributed by atoms with van der Waals surface area (Å²) in [6.07, 6.45) is 3.76. The highest BCUT2D eigenvalue weighted by molar-refractivity contribution is 9.10. The van der Waals surface area contributed by atoms with E-state index in [1.807, 2.05) is 86.6 Å². The van der Waals surface area contributed by atoms with E-state index in [4.69, 9.17) is 0 Å². The molecule has 1 unspecified atom stereocenters. The highest BCUT2D eigenvalue weighted by Gasteiger charge is 2.30. The molecule has 1 N–H and O–H groups in total. The topological polar surface area (TPSA) is 86.8 Å². The number of hydrogen-bond acceptors (Lipinski definition) is 4. The van der Waals surface area contributed by atoms with Gasteiger partial charge in [-0.15, -0.1) is 0 Å². The van der Waals surface area contributed by atoms with Crippen molar-refractivity contribution in [2.24, 2.45) is 0 Å². The number of benzene rings is 3. The summed E-state index contributed by atoms with van der Waals surface area (Å²) in [5.74, 6) is -0.390. The minimum Gasteiger partial charge on any atom is -0.354 e. The minimum absolute atomic E-state index is 0.0956. The van der Waals surface area contributed by atoms with Gasteiger partial charge in [0.25, 0.3) is 0 Å². The molecule has 0 aromatic heterocycles. The van der Waals surface area contributed by atoms with Gasteiger partial charge in [0.1, 0.15) is 6.04 Å². The molecule has 226 valence electrons. The quantitative estimate of drug-likeness (QED) is 0.199. The molecule has 0 saturated heterocycles. The summed E-state index contributed by atoms with van der Waals surface area (Å²) in [7, 11) is -3.57. The smallest absolute Gasteiger partial charge is 0.243 e. The molecule has 42 heavy (non-hydrogen) atoms. The molecule has 3 rings (SSSR count). The third-order valence-corrected chi connectivity index (χ3v) is 8.68. The van der Waals surface area contributed by atoms with Gasteiger partial charge in [-0.3, -0.25) is 13.9 Å². The van der Waals surface area contributed by atoms with Crippen molar-refractivity contribution in [2.45, 2.75) is 65.5 Å². The van der Waals surface area contributed by atoms with Crippen molar-refractivity contribution in [1.29, 1.82) is 0 Å². The molecular formula is C33H42BrN3O4S. The number of anilines is 1. The van der Waals surface area contributed by atoms with E-state index in [1.54, 1.807) is 4.90 Å². The molecule has 0 heterocycles. The van der Waals surface area contributed by atoms with Gasteiger partial charge in [0.15, 0.2) is 0 Å². The Morgan fingerprint density at radius 2 is 1.57 bits per heavy atom. The maximum absolute atomic E-state index is 13.9. The summed E-state index contributed by atoms with van der Waals surface area (Å²) in [5, 5.41) is 3.03. The molecule has 0 saturated carbocycles. The normalized spacial score (nSPS) is 12.0. The lowest BCUT2D eigenvalue weighted by Gasteiger charge is -2.32. The second-order valence-corrected chi connectivity index (χ2v) is 13.6. The fourth-order valence-corrected chi connectivity index (χ4v) is 6.39. The van der Waals surface area contributed by atoms with Crippen LogP contribution in [0.1, 0.15) is 54.9 Å². The van der Waals surface area contributed by atoms with E-state index < -0.39 is 16.1 Å². The molecule has 0 aliphatic rings. The van der Waals surface area contributed by atoms with Crippen LogP contribution in [0, 0.1) is 13.8 Å². The number of halogens is 1. The van der Waals surface area contributed by atoms with E-state index in [-0.39, 0.29) is 31.3 Å². The Balaban J connectivity index is 1.88. The lowest BCUT2D eigenvalue weighted by atomic mass is 10.0. The number of amides is 2. The second kappa shape index (κ2) is 15.9. The van der Waals surface area contributed by atoms with E-state index in [9.17, 15) is 18.0 Å². The Bertz CT molecular complexity index is 1430. The first-order valence-electron chi connectivity index (χ1n) is 14.4. The molecule has 0 fully saturated rings. The molecule has 0 aliphatic carbocycles. The second-order valence-electron chi connectivity index (χ2n) is 10.8. The molecular weight excluding hydrogens is 614 g/mol. The SMILES string of the molecule is CCCCNC(=O)C(Cc1ccccc1)N(Cc1cccc(Br)c1)C(=O)CCCN(c1cc(C)cc(C)c1)S(C)(=O)=O. The van der Waals surface area contributed by atoms with E-state index in [0.29, 0.717) is 25.1 Å². The van der Waals surface area contributed by atoms with Gasteiger partial charge >= 0.3 is 0 Å². The molecule has 0 radical (unpaired) electrons. The zero-order valence-electron chi connectivity index (χ0n) is 25.0. The molecule has 1 atom stereocenters. The number of unbranched alkanes of at least 4 members (excludes halogenated alkanes) is 1. The van der Waals surface area contributed by atoms with Gasteiger partial charge in [0.05, 0.1) is 11.9 Å². The Hall–Kier alpha value is -3.17. The highest BCUT2D eigenvalue weighted by atomic mass is 79.9. The summed E-state index contributed by atoms with van der Waals surface area (Å²) in [6.45, 7) is 6.87. The Morgan fingerprint density at radius 3 is 2.19 bits per heavy atom. The van der Waals surface area contributed by atoms with Crippen LogP contribution >= 0.6 is 15.9 Å². The van der Waals surface area contributed by atoms with Crippen LogP contribution in [0.5, 0.6) is 0 Å². The Morgan fingerprint density at radius 1 is 0.905 bits per heavy atom. The number of hydrogen-bond donors (Lipinski definition) is 1. The summed E-state index contributed by atoms with van der Waals surface area (Å²) in [5.41, 5.74) is 4.37. The molecule has 2 amide bonds. The van der Waals surface area contributed by atoms with Crippen molar-refractivity contribution < 1.29 is 18.0 Å². The van der Waals surface area contributed by atoms with Crippen LogP contribution in [0.25, 0.3) is 0 Å². The maximum atomic E-state index is 13.9. The van der Waals surface area contributed by atoms with Crippen molar-refractivity contribution >= 4 is 43.5 Å². The van der Waals surface area contributed by atoms with Crippen molar-refractivity contribution in [1.82, 2.24) is 10.2 Å². The number of aryl methyl sites for hydroxylation is 2. The third kappa shape index (κ3) is 10.3. The molecule has 3 aromatic carbocycles. The first-order valence-corrected chi connectivity index (χ1v) is 17.0. The molecule has 0 spiro atoms. The molecule has 0 aliphatic heterocycles. The average molecular weight is 657 g/mol.